The number of likely N-dealkylation sites (N-methyl/N-ethyl adjacent to an activating group) is 1. The highest BCUT2D eigenvalue weighted by atomic mass is 15.4. The Morgan fingerprint density at radius 3 is 2.29 bits per heavy atom. The molecule has 4 nitrogen and oxygen atoms in total. The normalized spacial score (nSPS) is 16.8. The van der Waals surface area contributed by atoms with E-state index in [2.05, 4.69) is 82.5 Å². The topological polar surface area (TPSA) is 31.7 Å². The summed E-state index contributed by atoms with van der Waals surface area (Å²) in [6.45, 7) is 10.7. The molecular formula is C30H30N4. The van der Waals surface area contributed by atoms with Crippen molar-refractivity contribution < 1.29 is 0 Å². The first kappa shape index (κ1) is 21.9. The fourth-order valence-electron chi connectivity index (χ4n) is 4.83. The summed E-state index contributed by atoms with van der Waals surface area (Å²) in [5.74, 6) is 1.42. The molecule has 2 aromatic carbocycles. The van der Waals surface area contributed by atoms with Gasteiger partial charge in [0.25, 0.3) is 0 Å². The van der Waals surface area contributed by atoms with Crippen LogP contribution in [0.2, 0.25) is 0 Å². The lowest BCUT2D eigenvalue weighted by Gasteiger charge is -2.39. The van der Waals surface area contributed by atoms with Gasteiger partial charge in [-0.1, -0.05) is 67.8 Å². The molecule has 3 aromatic rings. The van der Waals surface area contributed by atoms with E-state index in [4.69, 9.17) is 4.99 Å². The third kappa shape index (κ3) is 4.32. The van der Waals surface area contributed by atoms with Crippen molar-refractivity contribution in [1.29, 1.82) is 0 Å². The summed E-state index contributed by atoms with van der Waals surface area (Å²) in [5.41, 5.74) is 7.93. The number of allylic oxidation sites excluding steroid dienone is 2. The van der Waals surface area contributed by atoms with Gasteiger partial charge in [0.05, 0.1) is 5.70 Å². The molecule has 34 heavy (non-hydrogen) atoms. The van der Waals surface area contributed by atoms with Gasteiger partial charge in [0, 0.05) is 43.8 Å². The van der Waals surface area contributed by atoms with E-state index in [0.717, 1.165) is 48.8 Å². The molecule has 0 unspecified atom stereocenters. The predicted molar refractivity (Wildman–Crippen MR) is 142 cm³/mol. The average Bonchev–Trinajstić information content (AvgIpc) is 2.91. The van der Waals surface area contributed by atoms with Crippen molar-refractivity contribution in [1.82, 2.24) is 14.8 Å². The van der Waals surface area contributed by atoms with Crippen molar-refractivity contribution in [2.45, 2.75) is 12.8 Å². The van der Waals surface area contributed by atoms with Crippen LogP contribution in [-0.4, -0.2) is 40.9 Å². The quantitative estimate of drug-likeness (QED) is 0.469. The van der Waals surface area contributed by atoms with Gasteiger partial charge in [-0.2, -0.15) is 0 Å². The zero-order valence-corrected chi connectivity index (χ0v) is 19.7. The van der Waals surface area contributed by atoms with Gasteiger partial charge in [0.15, 0.2) is 0 Å². The number of rotatable bonds is 4. The zero-order chi connectivity index (χ0) is 23.5. The van der Waals surface area contributed by atoms with Crippen LogP contribution in [0, 0.1) is 5.92 Å². The standard InChI is InChI=1S/C30H30N4/c1-22-21-29(26-13-17-31-18-14-26)32-30(33(22)3)34-19-15-24(16-20-34)23(2)27-11-7-8-12-28(27)25-9-5-4-6-10-25/h4-14,17-18,21,24H,1-2,15-16,19-20H2,3H3. The molecule has 0 spiro atoms. The maximum absolute atomic E-state index is 5.01. The van der Waals surface area contributed by atoms with Gasteiger partial charge >= 0.3 is 0 Å². The molecule has 0 saturated carbocycles. The number of guanidine groups is 1. The Morgan fingerprint density at radius 2 is 1.56 bits per heavy atom. The minimum atomic E-state index is 0.453. The maximum Gasteiger partial charge on any atom is 0.206 e. The van der Waals surface area contributed by atoms with E-state index in [1.165, 1.54) is 22.3 Å². The minimum absolute atomic E-state index is 0.453. The number of piperidine rings is 1. The number of aliphatic imine (C=N–C) groups is 1. The van der Waals surface area contributed by atoms with Crippen LogP contribution in [0.1, 0.15) is 24.0 Å². The smallest absolute Gasteiger partial charge is 0.206 e. The van der Waals surface area contributed by atoms with Gasteiger partial charge in [-0.3, -0.25) is 4.98 Å². The highest BCUT2D eigenvalue weighted by Gasteiger charge is 2.28. The lowest BCUT2D eigenvalue weighted by molar-refractivity contribution is 0.280. The summed E-state index contributed by atoms with van der Waals surface area (Å²) in [6.07, 6.45) is 7.74. The number of aromatic nitrogens is 1. The van der Waals surface area contributed by atoms with Crippen molar-refractivity contribution in [2.75, 3.05) is 20.1 Å². The third-order valence-electron chi connectivity index (χ3n) is 6.86. The first-order valence-electron chi connectivity index (χ1n) is 11.8. The summed E-state index contributed by atoms with van der Waals surface area (Å²) >= 11 is 0. The lowest BCUT2D eigenvalue weighted by atomic mass is 9.83. The van der Waals surface area contributed by atoms with Gasteiger partial charge in [-0.15, -0.1) is 0 Å². The molecule has 0 radical (unpaired) electrons. The fraction of sp³-hybridized carbons (Fsp3) is 0.200. The van der Waals surface area contributed by atoms with Crippen molar-refractivity contribution in [3.63, 3.8) is 0 Å². The first-order valence-corrected chi connectivity index (χ1v) is 11.8. The fourth-order valence-corrected chi connectivity index (χ4v) is 4.83. The summed E-state index contributed by atoms with van der Waals surface area (Å²) in [7, 11) is 2.04. The van der Waals surface area contributed by atoms with E-state index in [1.54, 1.807) is 12.4 Å². The molecule has 2 aliphatic heterocycles. The number of pyridine rings is 1. The molecule has 4 heteroatoms. The first-order chi connectivity index (χ1) is 16.6. The molecule has 1 fully saturated rings. The van der Waals surface area contributed by atoms with Gasteiger partial charge < -0.3 is 9.80 Å². The van der Waals surface area contributed by atoms with E-state index < -0.39 is 0 Å². The minimum Gasteiger partial charge on any atom is -0.342 e. The molecule has 3 heterocycles. The summed E-state index contributed by atoms with van der Waals surface area (Å²) in [6, 6.07) is 23.2. The Bertz CT molecular complexity index is 1250. The van der Waals surface area contributed by atoms with E-state index >= 15 is 0 Å². The summed E-state index contributed by atoms with van der Waals surface area (Å²) in [4.78, 5) is 13.6. The monoisotopic (exact) mass is 446 g/mol. The second-order valence-electron chi connectivity index (χ2n) is 8.93. The Kier molecular flexibility index (Phi) is 6.13. The largest absolute Gasteiger partial charge is 0.342 e. The SMILES string of the molecule is C=C(c1ccccc1-c1ccccc1)C1CCN(C2=NC(c3ccncc3)=CC(=C)N2C)CC1. The van der Waals surface area contributed by atoms with Crippen LogP contribution >= 0.6 is 0 Å². The third-order valence-corrected chi connectivity index (χ3v) is 6.86. The molecule has 0 aliphatic carbocycles. The van der Waals surface area contributed by atoms with Crippen molar-refractivity contribution in [2.24, 2.45) is 10.9 Å². The average molecular weight is 447 g/mol. The van der Waals surface area contributed by atoms with Gasteiger partial charge in [-0.25, -0.2) is 4.99 Å². The lowest BCUT2D eigenvalue weighted by Crippen LogP contribution is -2.46. The Hall–Kier alpha value is -3.92. The van der Waals surface area contributed by atoms with Crippen LogP contribution in [0.25, 0.3) is 22.4 Å². The van der Waals surface area contributed by atoms with Crippen molar-refractivity contribution >= 4 is 17.2 Å². The maximum atomic E-state index is 5.01. The van der Waals surface area contributed by atoms with Crippen LogP contribution < -0.4 is 0 Å². The number of likely N-dealkylation sites (tertiary alicyclic amines) is 1. The van der Waals surface area contributed by atoms with Crippen LogP contribution in [0.3, 0.4) is 0 Å². The molecule has 2 aliphatic rings. The van der Waals surface area contributed by atoms with E-state index in [-0.39, 0.29) is 0 Å². The molecule has 0 amide bonds. The summed E-state index contributed by atoms with van der Waals surface area (Å²) in [5, 5.41) is 0. The number of nitrogens with zero attached hydrogens (tertiary/aromatic N) is 4. The number of hydrogen-bond donors (Lipinski definition) is 0. The van der Waals surface area contributed by atoms with Crippen LogP contribution in [-0.2, 0) is 0 Å². The van der Waals surface area contributed by atoms with E-state index in [0.29, 0.717) is 5.92 Å². The second-order valence-corrected chi connectivity index (χ2v) is 8.93. The molecular weight excluding hydrogens is 416 g/mol. The van der Waals surface area contributed by atoms with E-state index in [9.17, 15) is 0 Å². The van der Waals surface area contributed by atoms with Crippen LogP contribution in [0.5, 0.6) is 0 Å². The Labute approximate surface area is 202 Å². The Morgan fingerprint density at radius 1 is 0.882 bits per heavy atom. The molecule has 0 bridgehead atoms. The zero-order valence-electron chi connectivity index (χ0n) is 19.7. The van der Waals surface area contributed by atoms with Crippen molar-refractivity contribution in [3.8, 4) is 11.1 Å². The van der Waals surface area contributed by atoms with Gasteiger partial charge in [-0.05, 0) is 59.2 Å². The highest BCUT2D eigenvalue weighted by Crippen LogP contribution is 2.36. The molecule has 0 N–H and O–H groups in total. The second kappa shape index (κ2) is 9.52. The molecule has 1 aromatic heterocycles. The number of benzene rings is 2. The summed E-state index contributed by atoms with van der Waals surface area (Å²) < 4.78 is 0. The number of hydrogen-bond acceptors (Lipinski definition) is 4. The van der Waals surface area contributed by atoms with Crippen molar-refractivity contribution in [3.05, 3.63) is 115 Å². The van der Waals surface area contributed by atoms with E-state index in [1.807, 2.05) is 25.3 Å². The highest BCUT2D eigenvalue weighted by molar-refractivity contribution is 5.91. The van der Waals surface area contributed by atoms with Crippen LogP contribution in [0.15, 0.2) is 109 Å². The van der Waals surface area contributed by atoms with Gasteiger partial charge in [0.1, 0.15) is 0 Å². The molecule has 1 saturated heterocycles. The molecule has 0 atom stereocenters. The van der Waals surface area contributed by atoms with Gasteiger partial charge in [0.2, 0.25) is 5.96 Å². The predicted octanol–water partition coefficient (Wildman–Crippen LogP) is 6.33. The molecule has 170 valence electrons. The van der Waals surface area contributed by atoms with Crippen LogP contribution in [0.4, 0.5) is 0 Å². The Balaban J connectivity index is 1.33. The molecule has 5 rings (SSSR count).